The number of halogens is 1. The summed E-state index contributed by atoms with van der Waals surface area (Å²) in [4.78, 5) is 24.8. The van der Waals surface area contributed by atoms with E-state index in [0.717, 1.165) is 27.8 Å². The van der Waals surface area contributed by atoms with Gasteiger partial charge in [-0.2, -0.15) is 11.8 Å². The molecule has 1 amide bonds. The van der Waals surface area contributed by atoms with Crippen LogP contribution in [0.15, 0.2) is 66.7 Å². The molecule has 0 aliphatic heterocycles. The third kappa shape index (κ3) is 9.81. The summed E-state index contributed by atoms with van der Waals surface area (Å²) in [7, 11) is 0. The predicted molar refractivity (Wildman–Crippen MR) is 156 cm³/mol. The van der Waals surface area contributed by atoms with Crippen molar-refractivity contribution in [2.75, 3.05) is 25.2 Å². The minimum atomic E-state index is -1.04. The van der Waals surface area contributed by atoms with Gasteiger partial charge < -0.3 is 19.9 Å². The second kappa shape index (κ2) is 16.7. The molecule has 3 rings (SSSR count). The van der Waals surface area contributed by atoms with Crippen molar-refractivity contribution in [3.8, 4) is 11.1 Å². The van der Waals surface area contributed by atoms with E-state index < -0.39 is 17.9 Å². The van der Waals surface area contributed by atoms with E-state index in [4.69, 9.17) is 21.1 Å². The van der Waals surface area contributed by atoms with E-state index >= 15 is 0 Å². The standard InChI is InChI=1S/C29H32ClNO5S.Li.H/c1-20-5-3-4-6-24(20)26-17-22(19-36-15-14-35-18-21-7-10-23(30)11-8-21)9-12-25(26)28(32)31-27(29(33)34)13-16-37-2;;/h3-12,17,27H,13-16,18-19H2,1-2H3,(H,31,32)(H,33,34);;/t27-;;/m0../s1. The predicted octanol–water partition coefficient (Wildman–Crippen LogP) is 5.34. The van der Waals surface area contributed by atoms with Gasteiger partial charge in [0.25, 0.3) is 5.91 Å². The van der Waals surface area contributed by atoms with Crippen molar-refractivity contribution in [3.05, 3.63) is 94.0 Å². The first-order valence-electron chi connectivity index (χ1n) is 12.0. The summed E-state index contributed by atoms with van der Waals surface area (Å²) in [5.41, 5.74) is 5.05. The molecule has 0 aliphatic rings. The zero-order chi connectivity index (χ0) is 26.6. The molecule has 2 N–H and O–H groups in total. The van der Waals surface area contributed by atoms with Gasteiger partial charge in [-0.05, 0) is 77.4 Å². The van der Waals surface area contributed by atoms with Crippen molar-refractivity contribution < 1.29 is 24.2 Å². The Labute approximate surface area is 245 Å². The van der Waals surface area contributed by atoms with Crippen molar-refractivity contribution in [1.29, 1.82) is 0 Å². The molecule has 0 radical (unpaired) electrons. The van der Waals surface area contributed by atoms with Gasteiger partial charge in [-0.3, -0.25) is 4.79 Å². The van der Waals surface area contributed by atoms with Crippen LogP contribution in [0.1, 0.15) is 33.5 Å². The van der Waals surface area contributed by atoms with Crippen molar-refractivity contribution in [2.45, 2.75) is 32.6 Å². The number of carbonyl (C=O) groups excluding carboxylic acids is 1. The number of nitrogens with one attached hydrogen (secondary N) is 1. The molecule has 0 bridgehead atoms. The molecule has 0 fully saturated rings. The van der Waals surface area contributed by atoms with Crippen molar-refractivity contribution >= 4 is 54.1 Å². The molecule has 0 aliphatic carbocycles. The Hall–Kier alpha value is -2.24. The van der Waals surface area contributed by atoms with Gasteiger partial charge in [0, 0.05) is 10.6 Å². The normalized spacial score (nSPS) is 11.4. The number of ether oxygens (including phenoxy) is 2. The quantitative estimate of drug-likeness (QED) is 0.209. The molecule has 0 saturated carbocycles. The number of aryl methyl sites for hydroxylation is 1. The fourth-order valence-corrected chi connectivity index (χ4v) is 4.38. The van der Waals surface area contributed by atoms with E-state index in [9.17, 15) is 14.7 Å². The molecular formula is C29H33ClLiNO5S. The molecule has 6 nitrogen and oxygen atoms in total. The zero-order valence-electron chi connectivity index (χ0n) is 21.0. The van der Waals surface area contributed by atoms with Gasteiger partial charge in [-0.1, -0.05) is 54.1 Å². The second-order valence-electron chi connectivity index (χ2n) is 8.57. The van der Waals surface area contributed by atoms with Gasteiger partial charge in [0.05, 0.1) is 26.4 Å². The number of hydrogen-bond donors (Lipinski definition) is 2. The molecule has 0 heterocycles. The zero-order valence-corrected chi connectivity index (χ0v) is 22.6. The van der Waals surface area contributed by atoms with Gasteiger partial charge in [0.2, 0.25) is 0 Å². The molecule has 3 aromatic rings. The van der Waals surface area contributed by atoms with Crippen molar-refractivity contribution in [2.24, 2.45) is 0 Å². The van der Waals surface area contributed by atoms with Crippen molar-refractivity contribution in [1.82, 2.24) is 5.32 Å². The van der Waals surface area contributed by atoms with Gasteiger partial charge in [0.15, 0.2) is 0 Å². The molecule has 0 aromatic heterocycles. The third-order valence-electron chi connectivity index (χ3n) is 5.80. The number of carboxylic acids is 1. The molecule has 3 aromatic carbocycles. The molecule has 38 heavy (non-hydrogen) atoms. The summed E-state index contributed by atoms with van der Waals surface area (Å²) in [6, 6.07) is 19.9. The Bertz CT molecular complexity index is 1190. The third-order valence-corrected chi connectivity index (χ3v) is 6.70. The SMILES string of the molecule is CSCC[C@H](NC(=O)c1ccc(COCCOCc2ccc(Cl)cc2)cc1-c1ccccc1C)C(=O)O.[LiH]. The number of carboxylic acid groups (broad SMARTS) is 1. The molecule has 0 unspecified atom stereocenters. The minimum absolute atomic E-state index is 0. The Kier molecular flexibility index (Phi) is 14.0. The van der Waals surface area contributed by atoms with Gasteiger partial charge >= 0.3 is 24.8 Å². The molecule has 198 valence electrons. The van der Waals surface area contributed by atoms with Crippen LogP contribution in [0.2, 0.25) is 5.02 Å². The number of thioether (sulfide) groups is 1. The average molecular weight is 550 g/mol. The Morgan fingerprint density at radius 2 is 1.58 bits per heavy atom. The molecule has 1 atom stereocenters. The number of benzene rings is 3. The van der Waals surface area contributed by atoms with Crippen LogP contribution in [0.3, 0.4) is 0 Å². The van der Waals surface area contributed by atoms with Crippen molar-refractivity contribution in [3.63, 3.8) is 0 Å². The number of hydrogen-bond acceptors (Lipinski definition) is 5. The number of carbonyl (C=O) groups is 2. The fourth-order valence-electron chi connectivity index (χ4n) is 3.78. The van der Waals surface area contributed by atoms with Crippen LogP contribution in [0, 0.1) is 6.92 Å². The fraction of sp³-hybridized carbons (Fsp3) is 0.310. The van der Waals surface area contributed by atoms with E-state index in [1.807, 2.05) is 73.8 Å². The summed E-state index contributed by atoms with van der Waals surface area (Å²) in [6.07, 6.45) is 2.26. The Balaban J connectivity index is 0.00000507. The van der Waals surface area contributed by atoms with Crippen LogP contribution in [0.5, 0.6) is 0 Å². The molecule has 0 saturated heterocycles. The summed E-state index contributed by atoms with van der Waals surface area (Å²) < 4.78 is 11.5. The van der Waals surface area contributed by atoms with Crippen LogP contribution >= 0.6 is 23.4 Å². The average Bonchev–Trinajstić information content (AvgIpc) is 2.89. The number of amides is 1. The summed E-state index contributed by atoms with van der Waals surface area (Å²) in [5.74, 6) is -0.806. The second-order valence-corrected chi connectivity index (χ2v) is 9.99. The van der Waals surface area contributed by atoms with Crippen LogP contribution in [0.25, 0.3) is 11.1 Å². The van der Waals surface area contributed by atoms with E-state index in [2.05, 4.69) is 5.32 Å². The molecule has 0 spiro atoms. The van der Waals surface area contributed by atoms with E-state index in [-0.39, 0.29) is 18.9 Å². The maximum absolute atomic E-state index is 13.2. The summed E-state index contributed by atoms with van der Waals surface area (Å²) >= 11 is 7.45. The Morgan fingerprint density at radius 3 is 2.21 bits per heavy atom. The first kappa shape index (κ1) is 32.0. The van der Waals surface area contributed by atoms with Gasteiger partial charge in [0.1, 0.15) is 6.04 Å². The van der Waals surface area contributed by atoms with E-state index in [1.54, 1.807) is 17.8 Å². The van der Waals surface area contributed by atoms with Crippen LogP contribution in [-0.2, 0) is 27.5 Å². The van der Waals surface area contributed by atoms with Gasteiger partial charge in [-0.25, -0.2) is 4.79 Å². The van der Waals surface area contributed by atoms with E-state index in [0.29, 0.717) is 49.2 Å². The number of aliphatic carboxylic acids is 1. The first-order chi connectivity index (χ1) is 17.9. The van der Waals surface area contributed by atoms with Crippen LogP contribution in [0.4, 0.5) is 0 Å². The first-order valence-corrected chi connectivity index (χ1v) is 13.8. The molecular weight excluding hydrogens is 517 g/mol. The summed E-state index contributed by atoms with van der Waals surface area (Å²) in [6.45, 7) is 3.69. The maximum atomic E-state index is 13.2. The van der Waals surface area contributed by atoms with Crippen LogP contribution in [-0.4, -0.2) is 67.1 Å². The van der Waals surface area contributed by atoms with E-state index in [1.165, 1.54) is 0 Å². The topological polar surface area (TPSA) is 84.9 Å². The van der Waals surface area contributed by atoms with Crippen LogP contribution < -0.4 is 5.32 Å². The summed E-state index contributed by atoms with van der Waals surface area (Å²) in [5, 5.41) is 12.9. The molecule has 9 heteroatoms. The Morgan fingerprint density at radius 1 is 0.947 bits per heavy atom. The monoisotopic (exact) mass is 549 g/mol. The van der Waals surface area contributed by atoms with Gasteiger partial charge in [-0.15, -0.1) is 0 Å². The number of rotatable bonds is 14.